The van der Waals surface area contributed by atoms with Crippen LogP contribution in [-0.2, 0) is 0 Å². The highest BCUT2D eigenvalue weighted by Gasteiger charge is 2.00. The summed E-state index contributed by atoms with van der Waals surface area (Å²) in [6, 6.07) is 0.237. The third kappa shape index (κ3) is 3.12. The number of anilines is 1. The Hall–Kier alpha value is -1.56. The monoisotopic (exact) mass is 175 g/mol. The molecule has 1 unspecified atom stereocenters. The Morgan fingerprint density at radius 2 is 2.38 bits per heavy atom. The minimum absolute atomic E-state index is 0.237. The van der Waals surface area contributed by atoms with Gasteiger partial charge in [-0.05, 0) is 13.8 Å². The van der Waals surface area contributed by atoms with Gasteiger partial charge in [0.05, 0.1) is 11.9 Å². The first kappa shape index (κ1) is 9.53. The van der Waals surface area contributed by atoms with Gasteiger partial charge in [-0.3, -0.25) is 4.98 Å². The van der Waals surface area contributed by atoms with Crippen LogP contribution in [0, 0.1) is 19.3 Å². The number of rotatable bonds is 3. The van der Waals surface area contributed by atoms with E-state index in [1.165, 1.54) is 0 Å². The van der Waals surface area contributed by atoms with Crippen LogP contribution < -0.4 is 5.32 Å². The van der Waals surface area contributed by atoms with Crippen molar-refractivity contribution < 1.29 is 0 Å². The summed E-state index contributed by atoms with van der Waals surface area (Å²) in [4.78, 5) is 8.27. The Labute approximate surface area is 78.6 Å². The van der Waals surface area contributed by atoms with Gasteiger partial charge in [0.25, 0.3) is 0 Å². The third-order valence-electron chi connectivity index (χ3n) is 1.57. The molecule has 1 N–H and O–H groups in total. The van der Waals surface area contributed by atoms with Crippen molar-refractivity contribution in [2.24, 2.45) is 0 Å². The molecule has 68 valence electrons. The fourth-order valence-electron chi connectivity index (χ4n) is 1.01. The summed E-state index contributed by atoms with van der Waals surface area (Å²) in [5.74, 6) is 3.37. The summed E-state index contributed by atoms with van der Waals surface area (Å²) in [6.45, 7) is 3.92. The molecule has 1 heterocycles. The van der Waals surface area contributed by atoms with Crippen LogP contribution in [0.2, 0.25) is 0 Å². The quantitative estimate of drug-likeness (QED) is 0.709. The highest BCUT2D eigenvalue weighted by Crippen LogP contribution is 2.04. The molecule has 1 aromatic heterocycles. The van der Waals surface area contributed by atoms with Crippen LogP contribution in [0.1, 0.15) is 19.0 Å². The molecule has 0 saturated carbocycles. The van der Waals surface area contributed by atoms with Crippen molar-refractivity contribution >= 4 is 5.82 Å². The van der Waals surface area contributed by atoms with Gasteiger partial charge in [0.2, 0.25) is 0 Å². The zero-order valence-electron chi connectivity index (χ0n) is 7.91. The molecule has 0 bridgehead atoms. The van der Waals surface area contributed by atoms with Crippen molar-refractivity contribution in [3.05, 3.63) is 18.1 Å². The van der Waals surface area contributed by atoms with Crippen LogP contribution in [0.4, 0.5) is 5.82 Å². The van der Waals surface area contributed by atoms with Gasteiger partial charge in [0, 0.05) is 18.7 Å². The van der Waals surface area contributed by atoms with E-state index in [1.54, 1.807) is 12.4 Å². The molecule has 0 saturated heterocycles. The lowest BCUT2D eigenvalue weighted by Gasteiger charge is -2.10. The third-order valence-corrected chi connectivity index (χ3v) is 1.57. The summed E-state index contributed by atoms with van der Waals surface area (Å²) in [6.07, 6.45) is 9.29. The van der Waals surface area contributed by atoms with Gasteiger partial charge in [0.1, 0.15) is 5.82 Å². The lowest BCUT2D eigenvalue weighted by molar-refractivity contribution is 0.818. The Kier molecular flexibility index (Phi) is 3.27. The lowest BCUT2D eigenvalue weighted by Crippen LogP contribution is -2.15. The molecule has 1 rings (SSSR count). The number of nitrogens with zero attached hydrogens (tertiary/aromatic N) is 2. The second kappa shape index (κ2) is 4.46. The Balaban J connectivity index is 2.59. The molecule has 0 aromatic carbocycles. The molecule has 3 heteroatoms. The highest BCUT2D eigenvalue weighted by atomic mass is 15.0. The SMILES string of the molecule is C#CCC(C)Nc1cncc(C)n1. The fraction of sp³-hybridized carbons (Fsp3) is 0.400. The summed E-state index contributed by atoms with van der Waals surface area (Å²) in [5.41, 5.74) is 0.901. The predicted octanol–water partition coefficient (Wildman–Crippen LogP) is 1.61. The van der Waals surface area contributed by atoms with E-state index in [-0.39, 0.29) is 6.04 Å². The van der Waals surface area contributed by atoms with Crippen molar-refractivity contribution in [2.75, 3.05) is 5.32 Å². The molecule has 0 aliphatic rings. The number of aromatic nitrogens is 2. The normalized spacial score (nSPS) is 11.8. The van der Waals surface area contributed by atoms with Crippen LogP contribution in [0.15, 0.2) is 12.4 Å². The topological polar surface area (TPSA) is 37.8 Å². The second-order valence-corrected chi connectivity index (χ2v) is 3.00. The Morgan fingerprint density at radius 3 is 3.00 bits per heavy atom. The number of terminal acetylenes is 1. The largest absolute Gasteiger partial charge is 0.365 e. The first-order chi connectivity index (χ1) is 6.22. The van der Waals surface area contributed by atoms with Crippen molar-refractivity contribution in [2.45, 2.75) is 26.3 Å². The lowest BCUT2D eigenvalue weighted by atomic mass is 10.2. The van der Waals surface area contributed by atoms with E-state index in [4.69, 9.17) is 6.42 Å². The summed E-state index contributed by atoms with van der Waals surface area (Å²) in [5, 5.41) is 3.17. The smallest absolute Gasteiger partial charge is 0.145 e. The van der Waals surface area contributed by atoms with E-state index in [0.29, 0.717) is 6.42 Å². The first-order valence-corrected chi connectivity index (χ1v) is 4.21. The summed E-state index contributed by atoms with van der Waals surface area (Å²) in [7, 11) is 0. The highest BCUT2D eigenvalue weighted by molar-refractivity contribution is 5.32. The van der Waals surface area contributed by atoms with E-state index in [1.807, 2.05) is 13.8 Å². The molecule has 0 aliphatic heterocycles. The zero-order chi connectivity index (χ0) is 9.68. The molecule has 0 amide bonds. The second-order valence-electron chi connectivity index (χ2n) is 3.00. The van der Waals surface area contributed by atoms with Gasteiger partial charge in [-0.2, -0.15) is 0 Å². The maximum absolute atomic E-state index is 5.19. The Morgan fingerprint density at radius 1 is 1.62 bits per heavy atom. The van der Waals surface area contributed by atoms with E-state index in [9.17, 15) is 0 Å². The number of nitrogens with one attached hydrogen (secondary N) is 1. The van der Waals surface area contributed by atoms with Crippen molar-refractivity contribution in [3.63, 3.8) is 0 Å². The number of hydrogen-bond acceptors (Lipinski definition) is 3. The molecule has 13 heavy (non-hydrogen) atoms. The van der Waals surface area contributed by atoms with E-state index in [0.717, 1.165) is 11.5 Å². The van der Waals surface area contributed by atoms with Crippen LogP contribution in [0.5, 0.6) is 0 Å². The molecule has 0 radical (unpaired) electrons. The minimum Gasteiger partial charge on any atom is -0.365 e. The maximum Gasteiger partial charge on any atom is 0.145 e. The van der Waals surface area contributed by atoms with Crippen molar-refractivity contribution in [1.82, 2.24) is 9.97 Å². The number of hydrogen-bond donors (Lipinski definition) is 1. The van der Waals surface area contributed by atoms with Crippen LogP contribution in [-0.4, -0.2) is 16.0 Å². The average Bonchev–Trinajstić information content (AvgIpc) is 2.04. The minimum atomic E-state index is 0.237. The predicted molar refractivity (Wildman–Crippen MR) is 53.3 cm³/mol. The molecular weight excluding hydrogens is 162 g/mol. The van der Waals surface area contributed by atoms with Gasteiger partial charge in [0.15, 0.2) is 0 Å². The first-order valence-electron chi connectivity index (χ1n) is 4.21. The van der Waals surface area contributed by atoms with Gasteiger partial charge in [-0.1, -0.05) is 0 Å². The zero-order valence-corrected chi connectivity index (χ0v) is 7.91. The molecule has 3 nitrogen and oxygen atoms in total. The average molecular weight is 175 g/mol. The fourth-order valence-corrected chi connectivity index (χ4v) is 1.01. The molecule has 0 spiro atoms. The standard InChI is InChI=1S/C10H13N3/c1-4-5-8(2)12-10-7-11-6-9(3)13-10/h1,6-8H,5H2,2-3H3,(H,12,13). The Bertz CT molecular complexity index is 314. The molecule has 0 aliphatic carbocycles. The molecule has 1 aromatic rings. The number of aryl methyl sites for hydroxylation is 1. The summed E-state index contributed by atoms with van der Waals surface area (Å²) < 4.78 is 0. The van der Waals surface area contributed by atoms with E-state index >= 15 is 0 Å². The van der Waals surface area contributed by atoms with Crippen LogP contribution >= 0.6 is 0 Å². The summed E-state index contributed by atoms with van der Waals surface area (Å²) >= 11 is 0. The van der Waals surface area contributed by atoms with Gasteiger partial charge >= 0.3 is 0 Å². The molecule has 0 fully saturated rings. The van der Waals surface area contributed by atoms with Crippen molar-refractivity contribution in [1.29, 1.82) is 0 Å². The van der Waals surface area contributed by atoms with Crippen molar-refractivity contribution in [3.8, 4) is 12.3 Å². The van der Waals surface area contributed by atoms with E-state index < -0.39 is 0 Å². The van der Waals surface area contributed by atoms with E-state index in [2.05, 4.69) is 21.2 Å². The molecule has 1 atom stereocenters. The maximum atomic E-state index is 5.19. The van der Waals surface area contributed by atoms with Crippen LogP contribution in [0.3, 0.4) is 0 Å². The van der Waals surface area contributed by atoms with Gasteiger partial charge in [-0.25, -0.2) is 4.98 Å². The molecular formula is C10H13N3. The van der Waals surface area contributed by atoms with Gasteiger partial charge in [-0.15, -0.1) is 12.3 Å². The van der Waals surface area contributed by atoms with Gasteiger partial charge < -0.3 is 5.32 Å². The van der Waals surface area contributed by atoms with Crippen LogP contribution in [0.25, 0.3) is 0 Å².